The lowest BCUT2D eigenvalue weighted by molar-refractivity contribution is 0.332. The minimum absolute atomic E-state index is 0.650. The van der Waals surface area contributed by atoms with Crippen molar-refractivity contribution in [3.8, 4) is 11.5 Å². The second-order valence-electron chi connectivity index (χ2n) is 4.60. The number of aromatic nitrogens is 2. The van der Waals surface area contributed by atoms with Gasteiger partial charge in [-0.2, -0.15) is 0 Å². The van der Waals surface area contributed by atoms with Gasteiger partial charge in [-0.1, -0.05) is 0 Å². The van der Waals surface area contributed by atoms with Crippen LogP contribution in [-0.2, 0) is 6.54 Å². The highest BCUT2D eigenvalue weighted by Crippen LogP contribution is 2.29. The van der Waals surface area contributed by atoms with Gasteiger partial charge in [-0.25, -0.2) is 4.98 Å². The molecule has 0 amide bonds. The molecule has 114 valence electrons. The standard InChI is InChI=1S/C16H23N3O2/c1-3-20-14-6-7-16(21-4-2)15(12-14)18-8-5-10-19-11-9-17-13-19/h6-7,9,11-13,18H,3-5,8,10H2,1-2H3. The van der Waals surface area contributed by atoms with E-state index in [1.807, 2.05) is 44.6 Å². The molecule has 0 saturated heterocycles. The molecule has 1 aromatic heterocycles. The second kappa shape index (κ2) is 8.19. The van der Waals surface area contributed by atoms with E-state index in [4.69, 9.17) is 9.47 Å². The smallest absolute Gasteiger partial charge is 0.142 e. The normalized spacial score (nSPS) is 10.4. The number of imidazole rings is 1. The summed E-state index contributed by atoms with van der Waals surface area (Å²) in [6.07, 6.45) is 6.62. The first-order chi connectivity index (χ1) is 10.3. The molecule has 0 fully saturated rings. The first-order valence-electron chi connectivity index (χ1n) is 7.42. The number of anilines is 1. The first kappa shape index (κ1) is 15.2. The number of rotatable bonds is 9. The molecule has 0 aliphatic carbocycles. The largest absolute Gasteiger partial charge is 0.494 e. The van der Waals surface area contributed by atoms with Gasteiger partial charge in [0.25, 0.3) is 0 Å². The van der Waals surface area contributed by atoms with Crippen molar-refractivity contribution in [3.05, 3.63) is 36.9 Å². The quantitative estimate of drug-likeness (QED) is 0.720. The van der Waals surface area contributed by atoms with Gasteiger partial charge in [0, 0.05) is 31.5 Å². The Kier molecular flexibility index (Phi) is 5.94. The topological polar surface area (TPSA) is 48.3 Å². The van der Waals surface area contributed by atoms with Crippen LogP contribution in [0.25, 0.3) is 0 Å². The Morgan fingerprint density at radius 2 is 2.05 bits per heavy atom. The third kappa shape index (κ3) is 4.70. The van der Waals surface area contributed by atoms with Crippen molar-refractivity contribution in [2.24, 2.45) is 0 Å². The molecule has 0 spiro atoms. The minimum atomic E-state index is 0.650. The molecular formula is C16H23N3O2. The summed E-state index contributed by atoms with van der Waals surface area (Å²) in [6.45, 7) is 7.09. The van der Waals surface area contributed by atoms with Crippen LogP contribution >= 0.6 is 0 Å². The number of ether oxygens (including phenoxy) is 2. The van der Waals surface area contributed by atoms with Gasteiger partial charge < -0.3 is 19.4 Å². The summed E-state index contributed by atoms with van der Waals surface area (Å²) < 4.78 is 13.2. The Hall–Kier alpha value is -2.17. The second-order valence-corrected chi connectivity index (χ2v) is 4.60. The zero-order valence-electron chi connectivity index (χ0n) is 12.7. The van der Waals surface area contributed by atoms with Gasteiger partial charge >= 0.3 is 0 Å². The van der Waals surface area contributed by atoms with Crippen molar-refractivity contribution in [2.45, 2.75) is 26.8 Å². The van der Waals surface area contributed by atoms with Gasteiger partial charge in [-0.05, 0) is 32.4 Å². The molecule has 5 nitrogen and oxygen atoms in total. The van der Waals surface area contributed by atoms with E-state index in [0.717, 1.165) is 36.7 Å². The van der Waals surface area contributed by atoms with Crippen LogP contribution in [-0.4, -0.2) is 29.3 Å². The van der Waals surface area contributed by atoms with E-state index in [2.05, 4.69) is 14.9 Å². The van der Waals surface area contributed by atoms with Gasteiger partial charge in [-0.3, -0.25) is 0 Å². The van der Waals surface area contributed by atoms with Gasteiger partial charge in [0.15, 0.2) is 0 Å². The molecule has 1 N–H and O–H groups in total. The van der Waals surface area contributed by atoms with Crippen molar-refractivity contribution >= 4 is 5.69 Å². The highest BCUT2D eigenvalue weighted by molar-refractivity contribution is 5.59. The molecule has 2 rings (SSSR count). The van der Waals surface area contributed by atoms with E-state index in [-0.39, 0.29) is 0 Å². The number of benzene rings is 1. The fourth-order valence-electron chi connectivity index (χ4n) is 2.09. The Morgan fingerprint density at radius 1 is 1.19 bits per heavy atom. The molecule has 0 aliphatic heterocycles. The van der Waals surface area contributed by atoms with Crippen molar-refractivity contribution in [1.29, 1.82) is 0 Å². The van der Waals surface area contributed by atoms with E-state index in [1.165, 1.54) is 0 Å². The third-order valence-corrected chi connectivity index (χ3v) is 3.03. The lowest BCUT2D eigenvalue weighted by Gasteiger charge is -2.14. The summed E-state index contributed by atoms with van der Waals surface area (Å²) >= 11 is 0. The van der Waals surface area contributed by atoms with Gasteiger partial charge in [0.2, 0.25) is 0 Å². The maximum Gasteiger partial charge on any atom is 0.142 e. The Balaban J connectivity index is 1.90. The van der Waals surface area contributed by atoms with E-state index in [9.17, 15) is 0 Å². The molecule has 21 heavy (non-hydrogen) atoms. The first-order valence-corrected chi connectivity index (χ1v) is 7.42. The Bertz CT molecular complexity index is 526. The third-order valence-electron chi connectivity index (χ3n) is 3.03. The monoisotopic (exact) mass is 289 g/mol. The molecule has 0 unspecified atom stereocenters. The summed E-state index contributed by atoms with van der Waals surface area (Å²) in [4.78, 5) is 4.04. The van der Waals surface area contributed by atoms with E-state index in [1.54, 1.807) is 6.20 Å². The van der Waals surface area contributed by atoms with Crippen molar-refractivity contribution in [1.82, 2.24) is 9.55 Å². The molecule has 1 aromatic carbocycles. The van der Waals surface area contributed by atoms with Crippen LogP contribution in [0.1, 0.15) is 20.3 Å². The SMILES string of the molecule is CCOc1ccc(OCC)c(NCCCn2ccnc2)c1. The summed E-state index contributed by atoms with van der Waals surface area (Å²) in [6, 6.07) is 5.88. The van der Waals surface area contributed by atoms with Crippen molar-refractivity contribution < 1.29 is 9.47 Å². The molecular weight excluding hydrogens is 266 g/mol. The Morgan fingerprint density at radius 3 is 2.76 bits per heavy atom. The van der Waals surface area contributed by atoms with Gasteiger partial charge in [-0.15, -0.1) is 0 Å². The number of nitrogens with one attached hydrogen (secondary N) is 1. The van der Waals surface area contributed by atoms with Crippen LogP contribution in [0.4, 0.5) is 5.69 Å². The minimum Gasteiger partial charge on any atom is -0.494 e. The molecule has 0 radical (unpaired) electrons. The average molecular weight is 289 g/mol. The van der Waals surface area contributed by atoms with Crippen LogP contribution in [0.2, 0.25) is 0 Å². The number of hydrogen-bond donors (Lipinski definition) is 1. The lowest BCUT2D eigenvalue weighted by atomic mass is 10.2. The summed E-state index contributed by atoms with van der Waals surface area (Å²) in [7, 11) is 0. The van der Waals surface area contributed by atoms with Gasteiger partial charge in [0.1, 0.15) is 11.5 Å². The summed E-state index contributed by atoms with van der Waals surface area (Å²) in [5, 5.41) is 3.42. The Labute approximate surface area is 125 Å². The van der Waals surface area contributed by atoms with Crippen LogP contribution in [0.5, 0.6) is 11.5 Å². The molecule has 0 saturated carbocycles. The number of hydrogen-bond acceptors (Lipinski definition) is 4. The molecule has 0 aliphatic rings. The molecule has 2 aromatic rings. The van der Waals surface area contributed by atoms with E-state index >= 15 is 0 Å². The maximum atomic E-state index is 5.64. The molecule has 0 bridgehead atoms. The molecule has 0 atom stereocenters. The maximum absolute atomic E-state index is 5.64. The predicted octanol–water partition coefficient (Wildman–Crippen LogP) is 3.18. The highest BCUT2D eigenvalue weighted by atomic mass is 16.5. The highest BCUT2D eigenvalue weighted by Gasteiger charge is 2.05. The number of aryl methyl sites for hydroxylation is 1. The molecule has 1 heterocycles. The van der Waals surface area contributed by atoms with Crippen LogP contribution in [0.15, 0.2) is 36.9 Å². The average Bonchev–Trinajstić information content (AvgIpc) is 3.00. The molecule has 5 heteroatoms. The predicted molar refractivity (Wildman–Crippen MR) is 84.1 cm³/mol. The van der Waals surface area contributed by atoms with Crippen LogP contribution < -0.4 is 14.8 Å². The van der Waals surface area contributed by atoms with Crippen LogP contribution in [0.3, 0.4) is 0 Å². The van der Waals surface area contributed by atoms with E-state index in [0.29, 0.717) is 13.2 Å². The zero-order chi connectivity index (χ0) is 14.9. The summed E-state index contributed by atoms with van der Waals surface area (Å²) in [5.41, 5.74) is 0.980. The summed E-state index contributed by atoms with van der Waals surface area (Å²) in [5.74, 6) is 1.72. The van der Waals surface area contributed by atoms with E-state index < -0.39 is 0 Å². The fraction of sp³-hybridized carbons (Fsp3) is 0.438. The van der Waals surface area contributed by atoms with Gasteiger partial charge in [0.05, 0.1) is 25.2 Å². The van der Waals surface area contributed by atoms with Crippen molar-refractivity contribution in [3.63, 3.8) is 0 Å². The zero-order valence-corrected chi connectivity index (χ0v) is 12.7. The van der Waals surface area contributed by atoms with Crippen LogP contribution in [0, 0.1) is 0 Å². The van der Waals surface area contributed by atoms with Crippen molar-refractivity contribution in [2.75, 3.05) is 25.1 Å². The fourth-order valence-corrected chi connectivity index (χ4v) is 2.09. The lowest BCUT2D eigenvalue weighted by Crippen LogP contribution is -2.07. The number of nitrogens with zero attached hydrogens (tertiary/aromatic N) is 2.